The molecule has 0 aliphatic carbocycles. The topological polar surface area (TPSA) is 73.3 Å². The van der Waals surface area contributed by atoms with Gasteiger partial charge < -0.3 is 14.8 Å². The number of fused-ring (bicyclic) bond motifs is 1. The van der Waals surface area contributed by atoms with Crippen LogP contribution in [0.3, 0.4) is 0 Å². The van der Waals surface area contributed by atoms with Crippen molar-refractivity contribution in [2.45, 2.75) is 19.7 Å². The normalized spacial score (nSPS) is 11.4. The second kappa shape index (κ2) is 9.48. The van der Waals surface area contributed by atoms with E-state index in [1.807, 2.05) is 0 Å². The molecule has 0 atom stereocenters. The van der Waals surface area contributed by atoms with Crippen molar-refractivity contribution in [3.05, 3.63) is 89.4 Å². The molecule has 1 heterocycles. The highest BCUT2D eigenvalue weighted by atomic mass is 19.4. The van der Waals surface area contributed by atoms with Crippen LogP contribution in [-0.4, -0.2) is 23.0 Å². The molecule has 0 fully saturated rings. The molecule has 0 unspecified atom stereocenters. The highest BCUT2D eigenvalue weighted by Crippen LogP contribution is 2.36. The number of carbonyl (C=O) groups excluding carboxylic acids is 1. The SMILES string of the molecule is COCc1nccc(Oc2ccc3c(C(=O)Nc4ccc(C)cc4C(F)(F)F)cccc3c2)n1. The minimum atomic E-state index is -4.59. The first-order valence-electron chi connectivity index (χ1n) is 10.3. The quantitative estimate of drug-likeness (QED) is 0.368. The van der Waals surface area contributed by atoms with Gasteiger partial charge in [-0.25, -0.2) is 4.98 Å². The highest BCUT2D eigenvalue weighted by Gasteiger charge is 2.34. The van der Waals surface area contributed by atoms with Gasteiger partial charge in [0.1, 0.15) is 12.4 Å². The lowest BCUT2D eigenvalue weighted by Gasteiger charge is -2.15. The summed E-state index contributed by atoms with van der Waals surface area (Å²) in [5.74, 6) is 0.627. The zero-order valence-electron chi connectivity index (χ0n) is 18.3. The molecule has 1 aromatic heterocycles. The van der Waals surface area contributed by atoms with Crippen LogP contribution >= 0.6 is 0 Å². The number of aromatic nitrogens is 2. The van der Waals surface area contributed by atoms with E-state index in [0.29, 0.717) is 33.8 Å². The number of rotatable bonds is 6. The first-order chi connectivity index (χ1) is 16.2. The van der Waals surface area contributed by atoms with E-state index >= 15 is 0 Å². The van der Waals surface area contributed by atoms with Crippen LogP contribution in [0.2, 0.25) is 0 Å². The van der Waals surface area contributed by atoms with Gasteiger partial charge in [-0.2, -0.15) is 18.2 Å². The Hall–Kier alpha value is -3.98. The van der Waals surface area contributed by atoms with Gasteiger partial charge in [0.2, 0.25) is 5.88 Å². The number of carbonyl (C=O) groups is 1. The van der Waals surface area contributed by atoms with Gasteiger partial charge in [0, 0.05) is 24.9 Å². The Kier molecular flexibility index (Phi) is 6.47. The molecular weight excluding hydrogens is 447 g/mol. The van der Waals surface area contributed by atoms with E-state index < -0.39 is 17.6 Å². The fourth-order valence-corrected chi connectivity index (χ4v) is 3.47. The number of nitrogens with one attached hydrogen (secondary N) is 1. The number of hydrogen-bond donors (Lipinski definition) is 1. The minimum absolute atomic E-state index is 0.238. The minimum Gasteiger partial charge on any atom is -0.439 e. The van der Waals surface area contributed by atoms with Gasteiger partial charge >= 0.3 is 6.18 Å². The lowest BCUT2D eigenvalue weighted by Crippen LogP contribution is -2.17. The van der Waals surface area contributed by atoms with Crippen LogP contribution in [0.15, 0.2) is 66.9 Å². The summed E-state index contributed by atoms with van der Waals surface area (Å²) < 4.78 is 51.2. The highest BCUT2D eigenvalue weighted by molar-refractivity contribution is 6.13. The monoisotopic (exact) mass is 467 g/mol. The summed E-state index contributed by atoms with van der Waals surface area (Å²) in [4.78, 5) is 21.3. The third-order valence-corrected chi connectivity index (χ3v) is 5.00. The molecule has 6 nitrogen and oxygen atoms in total. The Morgan fingerprint density at radius 3 is 2.65 bits per heavy atom. The summed E-state index contributed by atoms with van der Waals surface area (Å²) in [6.45, 7) is 1.80. The van der Waals surface area contributed by atoms with Gasteiger partial charge in [0.25, 0.3) is 5.91 Å². The summed E-state index contributed by atoms with van der Waals surface area (Å²) in [5.41, 5.74) is -0.506. The maximum atomic E-state index is 13.4. The maximum absolute atomic E-state index is 13.4. The molecule has 0 saturated heterocycles. The molecule has 9 heteroatoms. The van der Waals surface area contributed by atoms with Gasteiger partial charge in [-0.15, -0.1) is 0 Å². The molecule has 0 spiro atoms. The Morgan fingerprint density at radius 2 is 1.88 bits per heavy atom. The van der Waals surface area contributed by atoms with Crippen molar-refractivity contribution in [2.75, 3.05) is 12.4 Å². The summed E-state index contributed by atoms with van der Waals surface area (Å²) >= 11 is 0. The van der Waals surface area contributed by atoms with Gasteiger partial charge in [0.05, 0.1) is 11.3 Å². The molecule has 4 aromatic rings. The molecule has 4 rings (SSSR count). The molecule has 0 aliphatic heterocycles. The molecular formula is C25H20F3N3O3. The zero-order valence-corrected chi connectivity index (χ0v) is 18.3. The van der Waals surface area contributed by atoms with Crippen LogP contribution < -0.4 is 10.1 Å². The predicted molar refractivity (Wildman–Crippen MR) is 121 cm³/mol. The molecule has 34 heavy (non-hydrogen) atoms. The second-order valence-corrected chi connectivity index (χ2v) is 7.54. The molecule has 0 radical (unpaired) electrons. The molecule has 174 valence electrons. The third kappa shape index (κ3) is 5.15. The maximum Gasteiger partial charge on any atom is 0.418 e. The van der Waals surface area contributed by atoms with Crippen molar-refractivity contribution in [3.8, 4) is 11.6 Å². The van der Waals surface area contributed by atoms with Crippen LogP contribution in [0.1, 0.15) is 27.3 Å². The number of amides is 1. The largest absolute Gasteiger partial charge is 0.439 e. The Balaban J connectivity index is 1.61. The smallest absolute Gasteiger partial charge is 0.418 e. The van der Waals surface area contributed by atoms with Gasteiger partial charge in [-0.1, -0.05) is 23.8 Å². The Bertz CT molecular complexity index is 1360. The summed E-state index contributed by atoms with van der Waals surface area (Å²) in [6.07, 6.45) is -3.04. The predicted octanol–water partition coefficient (Wildman–Crippen LogP) is 6.15. The number of ether oxygens (including phenoxy) is 2. The van der Waals surface area contributed by atoms with Gasteiger partial charge in [-0.3, -0.25) is 4.79 Å². The first kappa shape index (κ1) is 23.2. The lowest BCUT2D eigenvalue weighted by molar-refractivity contribution is -0.136. The van der Waals surface area contributed by atoms with E-state index in [-0.39, 0.29) is 17.9 Å². The van der Waals surface area contributed by atoms with Crippen molar-refractivity contribution < 1.29 is 27.4 Å². The number of halogens is 3. The van der Waals surface area contributed by atoms with Crippen LogP contribution in [0, 0.1) is 6.92 Å². The van der Waals surface area contributed by atoms with Crippen molar-refractivity contribution >= 4 is 22.4 Å². The second-order valence-electron chi connectivity index (χ2n) is 7.54. The summed E-state index contributed by atoms with van der Waals surface area (Å²) in [7, 11) is 1.54. The fourth-order valence-electron chi connectivity index (χ4n) is 3.47. The van der Waals surface area contributed by atoms with Gasteiger partial charge in [-0.05, 0) is 54.1 Å². The number of benzene rings is 3. The molecule has 0 saturated carbocycles. The Labute approximate surface area is 193 Å². The first-order valence-corrected chi connectivity index (χ1v) is 10.3. The van der Waals surface area contributed by atoms with Gasteiger partial charge in [0.15, 0.2) is 5.82 Å². The number of anilines is 1. The average Bonchev–Trinajstić information content (AvgIpc) is 2.79. The van der Waals surface area contributed by atoms with Crippen LogP contribution in [0.4, 0.5) is 18.9 Å². The van der Waals surface area contributed by atoms with Crippen LogP contribution in [0.25, 0.3) is 10.8 Å². The van der Waals surface area contributed by atoms with E-state index in [1.54, 1.807) is 55.6 Å². The van der Waals surface area contributed by atoms with Crippen molar-refractivity contribution in [1.29, 1.82) is 0 Å². The third-order valence-electron chi connectivity index (χ3n) is 5.00. The molecule has 1 N–H and O–H groups in total. The van der Waals surface area contributed by atoms with Crippen LogP contribution in [-0.2, 0) is 17.5 Å². The molecule has 0 aliphatic rings. The number of aryl methyl sites for hydroxylation is 1. The molecule has 3 aromatic carbocycles. The number of methoxy groups -OCH3 is 1. The number of nitrogens with zero attached hydrogens (tertiary/aromatic N) is 2. The van der Waals surface area contributed by atoms with E-state index in [0.717, 1.165) is 6.07 Å². The van der Waals surface area contributed by atoms with Crippen molar-refractivity contribution in [2.24, 2.45) is 0 Å². The van der Waals surface area contributed by atoms with E-state index in [2.05, 4.69) is 15.3 Å². The average molecular weight is 467 g/mol. The van der Waals surface area contributed by atoms with E-state index in [9.17, 15) is 18.0 Å². The summed E-state index contributed by atoms with van der Waals surface area (Å²) in [5, 5.41) is 3.65. The number of hydrogen-bond acceptors (Lipinski definition) is 5. The number of alkyl halides is 3. The molecule has 0 bridgehead atoms. The standard InChI is InChI=1S/C25H20F3N3O3/c1-15-6-9-21(20(12-15)25(26,27)28)30-24(32)19-5-3-4-16-13-17(7-8-18(16)19)34-23-10-11-29-22(31-23)14-33-2/h3-13H,14H2,1-2H3,(H,30,32). The molecule has 1 amide bonds. The van der Waals surface area contributed by atoms with Crippen molar-refractivity contribution in [3.63, 3.8) is 0 Å². The fraction of sp³-hybridized carbons (Fsp3) is 0.160. The summed E-state index contributed by atoms with van der Waals surface area (Å²) in [6, 6.07) is 15.4. The lowest BCUT2D eigenvalue weighted by atomic mass is 10.0. The zero-order chi connectivity index (χ0) is 24.3. The van der Waals surface area contributed by atoms with E-state index in [1.165, 1.54) is 19.2 Å². The van der Waals surface area contributed by atoms with E-state index in [4.69, 9.17) is 9.47 Å². The van der Waals surface area contributed by atoms with Crippen molar-refractivity contribution in [1.82, 2.24) is 9.97 Å². The Morgan fingerprint density at radius 1 is 1.06 bits per heavy atom. The van der Waals surface area contributed by atoms with Crippen LogP contribution in [0.5, 0.6) is 11.6 Å².